The molecule has 0 atom stereocenters. The SMILES string of the molecule is Cc1cc(C=NN=C(N)SCc2ccccc2)ccc1B1OC(C)(C)C(C)(C)O1. The molecule has 1 saturated heterocycles. The lowest BCUT2D eigenvalue weighted by Crippen LogP contribution is -2.41. The maximum atomic E-state index is 6.15. The second-order valence-corrected chi connectivity index (χ2v) is 9.16. The third kappa shape index (κ3) is 5.29. The van der Waals surface area contributed by atoms with Gasteiger partial charge in [-0.1, -0.05) is 65.9 Å². The molecular formula is C22H28BN3O2S. The lowest BCUT2D eigenvalue weighted by atomic mass is 9.76. The summed E-state index contributed by atoms with van der Waals surface area (Å²) in [5.74, 6) is 0.771. The van der Waals surface area contributed by atoms with E-state index in [0.717, 1.165) is 22.3 Å². The Hall–Kier alpha value is -2.09. The van der Waals surface area contributed by atoms with Gasteiger partial charge in [-0.15, -0.1) is 5.10 Å². The fraction of sp³-hybridized carbons (Fsp3) is 0.364. The molecule has 2 aromatic rings. The van der Waals surface area contributed by atoms with E-state index in [2.05, 4.69) is 50.0 Å². The standard InChI is InChI=1S/C22H28BN3O2S/c1-16-13-18(11-12-19(16)23-27-21(2,3)22(4,5)28-23)14-25-26-20(24)29-15-17-9-7-6-8-10-17/h6-14H,15H2,1-5H3,(H2,24,26). The van der Waals surface area contributed by atoms with Gasteiger partial charge < -0.3 is 15.0 Å². The highest BCUT2D eigenvalue weighted by atomic mass is 32.2. The first-order valence-electron chi connectivity index (χ1n) is 9.67. The van der Waals surface area contributed by atoms with Crippen molar-refractivity contribution >= 4 is 35.7 Å². The van der Waals surface area contributed by atoms with Crippen LogP contribution in [-0.4, -0.2) is 29.7 Å². The molecule has 0 saturated carbocycles. The molecule has 2 aromatic carbocycles. The van der Waals surface area contributed by atoms with Crippen LogP contribution in [0, 0.1) is 6.92 Å². The second kappa shape index (κ2) is 8.73. The first-order valence-corrected chi connectivity index (χ1v) is 10.7. The molecule has 0 spiro atoms. The topological polar surface area (TPSA) is 69.2 Å². The quantitative estimate of drug-likeness (QED) is 0.352. The molecule has 0 bridgehead atoms. The average Bonchev–Trinajstić information content (AvgIpc) is 2.88. The number of rotatable bonds is 5. The third-order valence-electron chi connectivity index (χ3n) is 5.39. The predicted molar refractivity (Wildman–Crippen MR) is 124 cm³/mol. The summed E-state index contributed by atoms with van der Waals surface area (Å²) in [5, 5.41) is 8.64. The van der Waals surface area contributed by atoms with Crippen LogP contribution >= 0.6 is 11.8 Å². The molecule has 152 valence electrons. The summed E-state index contributed by atoms with van der Waals surface area (Å²) < 4.78 is 12.3. The van der Waals surface area contributed by atoms with Crippen LogP contribution in [0.3, 0.4) is 0 Å². The number of benzene rings is 2. The van der Waals surface area contributed by atoms with Gasteiger partial charge in [-0.05, 0) is 51.2 Å². The Labute approximate surface area is 177 Å². The minimum Gasteiger partial charge on any atom is -0.399 e. The molecule has 0 aliphatic carbocycles. The van der Waals surface area contributed by atoms with Crippen LogP contribution in [0.1, 0.15) is 44.4 Å². The third-order valence-corrected chi connectivity index (χ3v) is 6.25. The van der Waals surface area contributed by atoms with E-state index < -0.39 is 0 Å². The van der Waals surface area contributed by atoms with Crippen LogP contribution in [0.5, 0.6) is 0 Å². The van der Waals surface area contributed by atoms with Crippen LogP contribution in [0.2, 0.25) is 0 Å². The molecule has 5 nitrogen and oxygen atoms in total. The van der Waals surface area contributed by atoms with Crippen LogP contribution in [0.4, 0.5) is 0 Å². The van der Waals surface area contributed by atoms with E-state index in [4.69, 9.17) is 15.0 Å². The Morgan fingerprint density at radius 2 is 1.72 bits per heavy atom. The lowest BCUT2D eigenvalue weighted by Gasteiger charge is -2.32. The fourth-order valence-electron chi connectivity index (χ4n) is 2.93. The lowest BCUT2D eigenvalue weighted by molar-refractivity contribution is 0.00578. The van der Waals surface area contributed by atoms with Gasteiger partial charge in [-0.25, -0.2) is 0 Å². The molecule has 29 heavy (non-hydrogen) atoms. The molecule has 0 amide bonds. The van der Waals surface area contributed by atoms with Crippen molar-refractivity contribution in [2.75, 3.05) is 0 Å². The van der Waals surface area contributed by atoms with E-state index in [1.165, 1.54) is 17.3 Å². The van der Waals surface area contributed by atoms with Gasteiger partial charge in [0.25, 0.3) is 0 Å². The van der Waals surface area contributed by atoms with E-state index in [-0.39, 0.29) is 18.3 Å². The van der Waals surface area contributed by atoms with Gasteiger partial charge in [-0.3, -0.25) is 0 Å². The molecule has 0 aromatic heterocycles. The summed E-state index contributed by atoms with van der Waals surface area (Å²) in [4.78, 5) is 0. The molecule has 1 aliphatic heterocycles. The normalized spacial score (nSPS) is 18.5. The maximum Gasteiger partial charge on any atom is 0.495 e. The van der Waals surface area contributed by atoms with Crippen molar-refractivity contribution in [3.63, 3.8) is 0 Å². The van der Waals surface area contributed by atoms with Crippen LogP contribution in [-0.2, 0) is 15.1 Å². The first-order chi connectivity index (χ1) is 13.7. The Morgan fingerprint density at radius 3 is 2.34 bits per heavy atom. The van der Waals surface area contributed by atoms with Gasteiger partial charge in [-0.2, -0.15) is 5.10 Å². The zero-order chi connectivity index (χ0) is 21.1. The summed E-state index contributed by atoms with van der Waals surface area (Å²) in [6, 6.07) is 16.2. The molecule has 1 fully saturated rings. The second-order valence-electron chi connectivity index (χ2n) is 8.16. The Kier molecular flexibility index (Phi) is 6.51. The number of hydrogen-bond donors (Lipinski definition) is 1. The van der Waals surface area contributed by atoms with Gasteiger partial charge in [0.2, 0.25) is 0 Å². The zero-order valence-electron chi connectivity index (χ0n) is 17.7. The molecule has 0 unspecified atom stereocenters. The van der Waals surface area contributed by atoms with Crippen LogP contribution < -0.4 is 11.2 Å². The highest BCUT2D eigenvalue weighted by Crippen LogP contribution is 2.36. The van der Waals surface area contributed by atoms with E-state index in [9.17, 15) is 0 Å². The smallest absolute Gasteiger partial charge is 0.399 e. The van der Waals surface area contributed by atoms with Gasteiger partial charge in [0.05, 0.1) is 17.4 Å². The minimum absolute atomic E-state index is 0.353. The van der Waals surface area contributed by atoms with Crippen molar-refractivity contribution in [2.45, 2.75) is 51.6 Å². The Balaban J connectivity index is 1.61. The summed E-state index contributed by atoms with van der Waals surface area (Å²) >= 11 is 1.47. The van der Waals surface area contributed by atoms with Gasteiger partial charge >= 0.3 is 7.12 Å². The van der Waals surface area contributed by atoms with Gasteiger partial charge in [0.1, 0.15) is 0 Å². The summed E-state index contributed by atoms with van der Waals surface area (Å²) in [5.41, 5.74) is 9.50. The monoisotopic (exact) mass is 409 g/mol. The molecule has 1 aliphatic rings. The van der Waals surface area contributed by atoms with E-state index >= 15 is 0 Å². The molecule has 2 N–H and O–H groups in total. The van der Waals surface area contributed by atoms with Crippen molar-refractivity contribution in [3.05, 3.63) is 65.2 Å². The number of nitrogens with two attached hydrogens (primary N) is 1. The summed E-state index contributed by atoms with van der Waals surface area (Å²) in [7, 11) is -0.367. The van der Waals surface area contributed by atoms with Crippen molar-refractivity contribution in [3.8, 4) is 0 Å². The van der Waals surface area contributed by atoms with Crippen molar-refractivity contribution < 1.29 is 9.31 Å². The largest absolute Gasteiger partial charge is 0.495 e. The number of amidine groups is 1. The highest BCUT2D eigenvalue weighted by molar-refractivity contribution is 8.13. The zero-order valence-corrected chi connectivity index (χ0v) is 18.5. The van der Waals surface area contributed by atoms with Gasteiger partial charge in [0.15, 0.2) is 5.17 Å². The van der Waals surface area contributed by atoms with Crippen molar-refractivity contribution in [2.24, 2.45) is 15.9 Å². The van der Waals surface area contributed by atoms with Gasteiger partial charge in [0, 0.05) is 5.75 Å². The van der Waals surface area contributed by atoms with E-state index in [1.54, 1.807) is 6.21 Å². The number of aryl methyl sites for hydroxylation is 1. The first kappa shape index (κ1) is 21.6. The van der Waals surface area contributed by atoms with E-state index in [0.29, 0.717) is 5.17 Å². The van der Waals surface area contributed by atoms with Crippen molar-refractivity contribution in [1.82, 2.24) is 0 Å². The summed E-state index contributed by atoms with van der Waals surface area (Å²) in [6.07, 6.45) is 1.71. The predicted octanol–water partition coefficient (Wildman–Crippen LogP) is 3.88. The fourth-order valence-corrected chi connectivity index (χ4v) is 3.54. The van der Waals surface area contributed by atoms with Crippen molar-refractivity contribution in [1.29, 1.82) is 0 Å². The average molecular weight is 409 g/mol. The molecule has 0 radical (unpaired) electrons. The number of hydrogen-bond acceptors (Lipinski definition) is 5. The number of nitrogens with zero attached hydrogens (tertiary/aromatic N) is 2. The Bertz CT molecular complexity index is 898. The molecule has 3 rings (SSSR count). The van der Waals surface area contributed by atoms with Crippen LogP contribution in [0.15, 0.2) is 58.7 Å². The van der Waals surface area contributed by atoms with E-state index in [1.807, 2.05) is 43.3 Å². The molecule has 7 heteroatoms. The highest BCUT2D eigenvalue weighted by Gasteiger charge is 2.51. The Morgan fingerprint density at radius 1 is 1.07 bits per heavy atom. The van der Waals surface area contributed by atoms with Crippen LogP contribution in [0.25, 0.3) is 0 Å². The molecule has 1 heterocycles. The number of thioether (sulfide) groups is 1. The summed E-state index contributed by atoms with van der Waals surface area (Å²) in [6.45, 7) is 10.3. The minimum atomic E-state index is -0.367. The molecular weight excluding hydrogens is 381 g/mol. The maximum absolute atomic E-state index is 6.15.